The van der Waals surface area contributed by atoms with Gasteiger partial charge in [0.25, 0.3) is 0 Å². The smallest absolute Gasteiger partial charge is 0.119 e. The van der Waals surface area contributed by atoms with Crippen molar-refractivity contribution in [3.05, 3.63) is 42.1 Å². The van der Waals surface area contributed by atoms with Crippen LogP contribution in [0.3, 0.4) is 0 Å². The highest BCUT2D eigenvalue weighted by atomic mass is 16.5. The number of methoxy groups -OCH3 is 1. The average molecular weight is 289 g/mol. The van der Waals surface area contributed by atoms with Crippen molar-refractivity contribution in [2.24, 2.45) is 5.92 Å². The molecule has 2 rings (SSSR count). The molecule has 1 aliphatic rings. The molecule has 0 unspecified atom stereocenters. The molecule has 116 valence electrons. The van der Waals surface area contributed by atoms with Gasteiger partial charge in [0.1, 0.15) is 5.75 Å². The van der Waals surface area contributed by atoms with Gasteiger partial charge in [0.2, 0.25) is 0 Å². The van der Waals surface area contributed by atoms with Gasteiger partial charge in [-0.05, 0) is 43.7 Å². The van der Waals surface area contributed by atoms with E-state index in [9.17, 15) is 0 Å². The van der Waals surface area contributed by atoms with E-state index in [1.54, 1.807) is 7.11 Å². The Morgan fingerprint density at radius 2 is 2.14 bits per heavy atom. The number of rotatable bonds is 5. The lowest BCUT2D eigenvalue weighted by molar-refractivity contribution is 0.105. The summed E-state index contributed by atoms with van der Waals surface area (Å²) in [6.45, 7) is 8.10. The summed E-state index contributed by atoms with van der Waals surface area (Å²) in [5, 5.41) is 0. The maximum atomic E-state index is 5.85. The molecule has 0 saturated carbocycles. The number of hydrogen-bond donors (Lipinski definition) is 0. The quantitative estimate of drug-likeness (QED) is 0.828. The molecule has 0 radical (unpaired) electrons. The van der Waals surface area contributed by atoms with Crippen molar-refractivity contribution >= 4 is 0 Å². The van der Waals surface area contributed by atoms with Crippen molar-refractivity contribution in [1.82, 2.24) is 4.90 Å². The maximum absolute atomic E-state index is 5.85. The van der Waals surface area contributed by atoms with Gasteiger partial charge < -0.3 is 14.4 Å². The van der Waals surface area contributed by atoms with E-state index < -0.39 is 0 Å². The Hall–Kier alpha value is -1.48. The molecule has 0 spiro atoms. The number of hydrogen-bond acceptors (Lipinski definition) is 3. The predicted molar refractivity (Wildman–Crippen MR) is 86.7 cm³/mol. The van der Waals surface area contributed by atoms with E-state index in [1.807, 2.05) is 6.07 Å². The van der Waals surface area contributed by atoms with Gasteiger partial charge in [0.05, 0.1) is 12.7 Å². The second-order valence-corrected chi connectivity index (χ2v) is 6.32. The van der Waals surface area contributed by atoms with Gasteiger partial charge in [-0.15, -0.1) is 0 Å². The van der Waals surface area contributed by atoms with Gasteiger partial charge in [-0.25, -0.2) is 0 Å². The van der Waals surface area contributed by atoms with E-state index >= 15 is 0 Å². The van der Waals surface area contributed by atoms with Crippen molar-refractivity contribution in [2.75, 3.05) is 27.3 Å². The van der Waals surface area contributed by atoms with Gasteiger partial charge in [0, 0.05) is 26.1 Å². The molecular formula is C18H27NO2. The first kappa shape index (κ1) is 15.9. The average Bonchev–Trinajstić information content (AvgIpc) is 2.42. The van der Waals surface area contributed by atoms with Crippen molar-refractivity contribution in [1.29, 1.82) is 0 Å². The highest BCUT2D eigenvalue weighted by molar-refractivity contribution is 5.39. The fraction of sp³-hybridized carbons (Fsp3) is 0.556. The van der Waals surface area contributed by atoms with Crippen LogP contribution >= 0.6 is 0 Å². The van der Waals surface area contributed by atoms with Crippen LogP contribution in [0, 0.1) is 5.92 Å². The van der Waals surface area contributed by atoms with Gasteiger partial charge in [0.15, 0.2) is 0 Å². The summed E-state index contributed by atoms with van der Waals surface area (Å²) in [5.74, 6) is 1.40. The summed E-state index contributed by atoms with van der Waals surface area (Å²) in [6.07, 6.45) is 4.62. The topological polar surface area (TPSA) is 21.7 Å². The molecule has 1 aromatic rings. The normalized spacial score (nSPS) is 25.4. The van der Waals surface area contributed by atoms with Crippen LogP contribution in [0.5, 0.6) is 5.75 Å². The van der Waals surface area contributed by atoms with Crippen molar-refractivity contribution in [3.63, 3.8) is 0 Å². The Morgan fingerprint density at radius 3 is 2.76 bits per heavy atom. The van der Waals surface area contributed by atoms with Crippen LogP contribution in [0.25, 0.3) is 0 Å². The van der Waals surface area contributed by atoms with Crippen molar-refractivity contribution in [2.45, 2.75) is 32.3 Å². The summed E-state index contributed by atoms with van der Waals surface area (Å²) in [4.78, 5) is 2.23. The fourth-order valence-electron chi connectivity index (χ4n) is 3.10. The summed E-state index contributed by atoms with van der Waals surface area (Å²) in [6, 6.07) is 8.43. The first-order chi connectivity index (χ1) is 9.98. The zero-order valence-electron chi connectivity index (χ0n) is 13.8. The summed E-state index contributed by atoms with van der Waals surface area (Å²) in [7, 11) is 3.89. The highest BCUT2D eigenvalue weighted by Gasteiger charge is 2.38. The van der Waals surface area contributed by atoms with Crippen LogP contribution in [0.15, 0.2) is 36.5 Å². The van der Waals surface area contributed by atoms with Crippen LogP contribution in [0.2, 0.25) is 0 Å². The summed E-state index contributed by atoms with van der Waals surface area (Å²) in [5.41, 5.74) is 1.18. The molecule has 0 aliphatic carbocycles. The molecule has 0 bridgehead atoms. The van der Waals surface area contributed by atoms with Gasteiger partial charge >= 0.3 is 0 Å². The standard InChI is InChI=1S/C18H27NO2/c1-14(2)21-17-8-6-7-16(11-17)18(13-20-5)9-10-19(4)12-15(18)3/h6-11,14-15H,12-13H2,1-5H3/t15-,18-/m0/s1. The first-order valence-corrected chi connectivity index (χ1v) is 7.63. The zero-order chi connectivity index (χ0) is 15.5. The summed E-state index contributed by atoms with van der Waals surface area (Å²) < 4.78 is 11.4. The number of nitrogens with zero attached hydrogens (tertiary/aromatic N) is 1. The van der Waals surface area contributed by atoms with E-state index in [4.69, 9.17) is 9.47 Å². The molecule has 0 aromatic heterocycles. The van der Waals surface area contributed by atoms with Crippen LogP contribution in [-0.4, -0.2) is 38.3 Å². The minimum atomic E-state index is -0.0857. The predicted octanol–water partition coefficient (Wildman–Crippen LogP) is 3.45. The molecule has 0 N–H and O–H groups in total. The van der Waals surface area contributed by atoms with Crippen molar-refractivity contribution < 1.29 is 9.47 Å². The minimum Gasteiger partial charge on any atom is -0.491 e. The van der Waals surface area contributed by atoms with Gasteiger partial charge in [-0.3, -0.25) is 0 Å². The van der Waals surface area contributed by atoms with Crippen LogP contribution in [0.1, 0.15) is 26.3 Å². The molecule has 3 nitrogen and oxygen atoms in total. The maximum Gasteiger partial charge on any atom is 0.119 e. The Bertz CT molecular complexity index is 498. The molecule has 0 amide bonds. The van der Waals surface area contributed by atoms with E-state index in [1.165, 1.54) is 5.56 Å². The first-order valence-electron chi connectivity index (χ1n) is 7.63. The van der Waals surface area contributed by atoms with Gasteiger partial charge in [-0.1, -0.05) is 25.1 Å². The molecule has 3 heteroatoms. The number of ether oxygens (including phenoxy) is 2. The van der Waals surface area contributed by atoms with E-state index in [0.717, 1.165) is 12.3 Å². The monoisotopic (exact) mass is 289 g/mol. The van der Waals surface area contributed by atoms with Crippen molar-refractivity contribution in [3.8, 4) is 5.75 Å². The Balaban J connectivity index is 2.40. The third-order valence-corrected chi connectivity index (χ3v) is 4.19. The molecular weight excluding hydrogens is 262 g/mol. The zero-order valence-corrected chi connectivity index (χ0v) is 13.8. The third kappa shape index (κ3) is 3.41. The largest absolute Gasteiger partial charge is 0.491 e. The minimum absolute atomic E-state index is 0.0857. The second kappa shape index (κ2) is 6.52. The SMILES string of the molecule is COC[C@@]1(c2cccc(OC(C)C)c2)C=CN(C)C[C@@H]1C. The van der Waals surface area contributed by atoms with E-state index in [0.29, 0.717) is 12.5 Å². The lowest BCUT2D eigenvalue weighted by atomic mass is 9.70. The fourth-order valence-corrected chi connectivity index (χ4v) is 3.10. The van der Waals surface area contributed by atoms with Gasteiger partial charge in [-0.2, -0.15) is 0 Å². The lowest BCUT2D eigenvalue weighted by Gasteiger charge is -2.42. The van der Waals surface area contributed by atoms with E-state index in [-0.39, 0.29) is 11.5 Å². The molecule has 21 heavy (non-hydrogen) atoms. The summed E-state index contributed by atoms with van der Waals surface area (Å²) >= 11 is 0. The molecule has 0 fully saturated rings. The Labute approximate surface area is 128 Å². The molecule has 1 aromatic carbocycles. The number of benzene rings is 1. The van der Waals surface area contributed by atoms with E-state index in [2.05, 4.69) is 63.2 Å². The molecule has 2 atom stereocenters. The van der Waals surface area contributed by atoms with Crippen LogP contribution < -0.4 is 4.74 Å². The molecule has 1 aliphatic heterocycles. The Morgan fingerprint density at radius 1 is 1.38 bits per heavy atom. The second-order valence-electron chi connectivity index (χ2n) is 6.32. The third-order valence-electron chi connectivity index (χ3n) is 4.19. The van der Waals surface area contributed by atoms with Crippen LogP contribution in [0.4, 0.5) is 0 Å². The van der Waals surface area contributed by atoms with Crippen LogP contribution in [-0.2, 0) is 10.2 Å². The lowest BCUT2D eigenvalue weighted by Crippen LogP contribution is -2.44. The molecule has 1 heterocycles. The Kier molecular flexibility index (Phi) is 4.94. The molecule has 0 saturated heterocycles. The highest BCUT2D eigenvalue weighted by Crippen LogP contribution is 2.38.